The van der Waals surface area contributed by atoms with Crippen LogP contribution in [0.2, 0.25) is 0 Å². The number of hydrogen-bond donors (Lipinski definition) is 2. The topological polar surface area (TPSA) is 97.8 Å². The van der Waals surface area contributed by atoms with Crippen molar-refractivity contribution in [2.75, 3.05) is 19.8 Å². The van der Waals surface area contributed by atoms with Gasteiger partial charge in [0, 0.05) is 32.0 Å². The van der Waals surface area contributed by atoms with Crippen LogP contribution >= 0.6 is 0 Å². The van der Waals surface area contributed by atoms with Gasteiger partial charge in [-0.25, -0.2) is 4.98 Å². The molecular formula is C19H20N2O5. The van der Waals surface area contributed by atoms with E-state index in [9.17, 15) is 14.7 Å². The Labute approximate surface area is 151 Å². The van der Waals surface area contributed by atoms with E-state index in [0.29, 0.717) is 43.2 Å². The molecule has 0 spiro atoms. The third kappa shape index (κ3) is 4.18. The lowest BCUT2D eigenvalue weighted by Gasteiger charge is -2.33. The number of rotatable bonds is 6. The molecule has 1 fully saturated rings. The van der Waals surface area contributed by atoms with Gasteiger partial charge in [0.1, 0.15) is 5.75 Å². The third-order valence-corrected chi connectivity index (χ3v) is 4.46. The molecule has 1 aliphatic rings. The smallest absolute Gasteiger partial charge is 0.311 e. The Bertz CT molecular complexity index is 755. The zero-order valence-corrected chi connectivity index (χ0v) is 14.2. The van der Waals surface area contributed by atoms with E-state index in [1.54, 1.807) is 12.1 Å². The number of carboxylic acids is 1. The van der Waals surface area contributed by atoms with Gasteiger partial charge in [0.2, 0.25) is 5.88 Å². The highest BCUT2D eigenvalue weighted by Gasteiger charge is 2.40. The Morgan fingerprint density at radius 3 is 2.50 bits per heavy atom. The number of carbonyl (C=O) groups is 2. The number of aromatic nitrogens is 1. The standard InChI is InChI=1S/C19H20N2O5/c22-17(21-13-19(18(23)24)8-10-25-11-9-19)14-6-7-16(20-12-14)26-15-4-2-1-3-5-15/h1-7,12H,8-11,13H2,(H,21,22)(H,23,24). The second-order valence-electron chi connectivity index (χ2n) is 6.18. The molecule has 2 heterocycles. The van der Waals surface area contributed by atoms with Crippen LogP contribution in [0.25, 0.3) is 0 Å². The largest absolute Gasteiger partial charge is 0.481 e. The molecule has 1 aromatic heterocycles. The van der Waals surface area contributed by atoms with Crippen LogP contribution in [0, 0.1) is 5.41 Å². The molecule has 0 saturated carbocycles. The van der Waals surface area contributed by atoms with Crippen molar-refractivity contribution in [3.8, 4) is 11.6 Å². The Hall–Kier alpha value is -2.93. The number of aliphatic carboxylic acids is 1. The number of pyridine rings is 1. The number of ether oxygens (including phenoxy) is 2. The van der Waals surface area contributed by atoms with E-state index in [1.165, 1.54) is 6.20 Å². The molecular weight excluding hydrogens is 336 g/mol. The number of nitrogens with zero attached hydrogens (tertiary/aromatic N) is 1. The predicted octanol–water partition coefficient (Wildman–Crippen LogP) is 2.49. The average molecular weight is 356 g/mol. The van der Waals surface area contributed by atoms with Gasteiger partial charge in [-0.3, -0.25) is 9.59 Å². The fraction of sp³-hybridized carbons (Fsp3) is 0.316. The van der Waals surface area contributed by atoms with Crippen LogP contribution in [0.1, 0.15) is 23.2 Å². The highest BCUT2D eigenvalue weighted by Crippen LogP contribution is 2.30. The van der Waals surface area contributed by atoms with Crippen LogP contribution in [-0.4, -0.2) is 41.7 Å². The molecule has 0 unspecified atom stereocenters. The Morgan fingerprint density at radius 2 is 1.88 bits per heavy atom. The molecule has 1 aliphatic heterocycles. The summed E-state index contributed by atoms with van der Waals surface area (Å²) in [5.74, 6) is -0.249. The normalized spacial score (nSPS) is 15.8. The van der Waals surface area contributed by atoms with E-state index in [2.05, 4.69) is 10.3 Å². The molecule has 1 aromatic carbocycles. The zero-order valence-electron chi connectivity index (χ0n) is 14.2. The van der Waals surface area contributed by atoms with Gasteiger partial charge in [0.25, 0.3) is 5.91 Å². The molecule has 0 bridgehead atoms. The third-order valence-electron chi connectivity index (χ3n) is 4.46. The lowest BCUT2D eigenvalue weighted by Crippen LogP contribution is -2.46. The van der Waals surface area contributed by atoms with E-state index in [1.807, 2.05) is 30.3 Å². The maximum Gasteiger partial charge on any atom is 0.311 e. The molecule has 0 aliphatic carbocycles. The summed E-state index contributed by atoms with van der Waals surface area (Å²) in [4.78, 5) is 28.0. The number of carbonyl (C=O) groups excluding carboxylic acids is 1. The Morgan fingerprint density at radius 1 is 1.15 bits per heavy atom. The van der Waals surface area contributed by atoms with Crippen molar-refractivity contribution in [1.29, 1.82) is 0 Å². The summed E-state index contributed by atoms with van der Waals surface area (Å²) < 4.78 is 10.8. The minimum absolute atomic E-state index is 0.0623. The van der Waals surface area contributed by atoms with Gasteiger partial charge >= 0.3 is 5.97 Å². The quantitative estimate of drug-likeness (QED) is 0.825. The first kappa shape index (κ1) is 17.9. The average Bonchev–Trinajstić information content (AvgIpc) is 2.68. The van der Waals surface area contributed by atoms with Gasteiger partial charge < -0.3 is 19.9 Å². The first-order valence-corrected chi connectivity index (χ1v) is 8.37. The maximum atomic E-state index is 12.3. The van der Waals surface area contributed by atoms with Gasteiger partial charge in [-0.1, -0.05) is 18.2 Å². The summed E-state index contributed by atoms with van der Waals surface area (Å²) in [6, 6.07) is 12.4. The van der Waals surface area contributed by atoms with Gasteiger partial charge in [0.05, 0.1) is 11.0 Å². The molecule has 0 radical (unpaired) electrons. The van der Waals surface area contributed by atoms with Crippen LogP contribution in [-0.2, 0) is 9.53 Å². The van der Waals surface area contributed by atoms with E-state index >= 15 is 0 Å². The zero-order chi connectivity index (χ0) is 18.4. The molecule has 1 saturated heterocycles. The summed E-state index contributed by atoms with van der Waals surface area (Å²) in [5, 5.41) is 12.2. The Kier molecular flexibility index (Phi) is 5.48. The van der Waals surface area contributed by atoms with E-state index in [0.717, 1.165) is 0 Å². The van der Waals surface area contributed by atoms with Crippen molar-refractivity contribution in [2.24, 2.45) is 5.41 Å². The monoisotopic (exact) mass is 356 g/mol. The van der Waals surface area contributed by atoms with Crippen molar-refractivity contribution < 1.29 is 24.2 Å². The number of para-hydroxylation sites is 1. The number of benzene rings is 1. The lowest BCUT2D eigenvalue weighted by atomic mass is 9.80. The van der Waals surface area contributed by atoms with Gasteiger partial charge in [-0.05, 0) is 31.0 Å². The summed E-state index contributed by atoms with van der Waals surface area (Å²) in [6.45, 7) is 0.831. The molecule has 0 atom stereocenters. The van der Waals surface area contributed by atoms with Crippen molar-refractivity contribution in [3.63, 3.8) is 0 Å². The molecule has 7 heteroatoms. The summed E-state index contributed by atoms with van der Waals surface area (Å²) in [7, 11) is 0. The fourth-order valence-electron chi connectivity index (χ4n) is 2.76. The minimum Gasteiger partial charge on any atom is -0.481 e. The first-order chi connectivity index (χ1) is 12.6. The van der Waals surface area contributed by atoms with Gasteiger partial charge in [0.15, 0.2) is 0 Å². The van der Waals surface area contributed by atoms with Crippen LogP contribution < -0.4 is 10.1 Å². The molecule has 7 nitrogen and oxygen atoms in total. The SMILES string of the molecule is O=C(NCC1(C(=O)O)CCOCC1)c1ccc(Oc2ccccc2)nc1. The summed E-state index contributed by atoms with van der Waals surface area (Å²) >= 11 is 0. The second-order valence-corrected chi connectivity index (χ2v) is 6.18. The number of nitrogens with one attached hydrogen (secondary N) is 1. The van der Waals surface area contributed by atoms with Gasteiger partial charge in [-0.2, -0.15) is 0 Å². The number of hydrogen-bond acceptors (Lipinski definition) is 5. The van der Waals surface area contributed by atoms with Gasteiger partial charge in [-0.15, -0.1) is 0 Å². The molecule has 136 valence electrons. The minimum atomic E-state index is -0.975. The van der Waals surface area contributed by atoms with E-state index in [-0.39, 0.29) is 12.5 Å². The lowest BCUT2D eigenvalue weighted by molar-refractivity contribution is -0.154. The van der Waals surface area contributed by atoms with Crippen LogP contribution in [0.5, 0.6) is 11.6 Å². The number of carboxylic acid groups (broad SMARTS) is 1. The summed E-state index contributed by atoms with van der Waals surface area (Å²) in [5.41, 5.74) is -0.629. The van der Waals surface area contributed by atoms with Crippen molar-refractivity contribution >= 4 is 11.9 Å². The Balaban J connectivity index is 1.60. The molecule has 2 N–H and O–H groups in total. The molecule has 2 aromatic rings. The predicted molar refractivity (Wildman–Crippen MR) is 93.2 cm³/mol. The van der Waals surface area contributed by atoms with Crippen LogP contribution in [0.15, 0.2) is 48.7 Å². The van der Waals surface area contributed by atoms with Crippen molar-refractivity contribution in [2.45, 2.75) is 12.8 Å². The summed E-state index contributed by atoms with van der Waals surface area (Å²) in [6.07, 6.45) is 2.17. The molecule has 26 heavy (non-hydrogen) atoms. The highest BCUT2D eigenvalue weighted by atomic mass is 16.5. The first-order valence-electron chi connectivity index (χ1n) is 8.37. The maximum absolute atomic E-state index is 12.3. The van der Waals surface area contributed by atoms with E-state index in [4.69, 9.17) is 9.47 Å². The highest BCUT2D eigenvalue weighted by molar-refractivity contribution is 5.94. The van der Waals surface area contributed by atoms with Crippen molar-refractivity contribution in [1.82, 2.24) is 10.3 Å². The fourth-order valence-corrected chi connectivity index (χ4v) is 2.76. The number of amides is 1. The van der Waals surface area contributed by atoms with E-state index < -0.39 is 11.4 Å². The second kappa shape index (κ2) is 7.97. The van der Waals surface area contributed by atoms with Crippen LogP contribution in [0.4, 0.5) is 0 Å². The van der Waals surface area contributed by atoms with Crippen LogP contribution in [0.3, 0.4) is 0 Å². The van der Waals surface area contributed by atoms with Crippen molar-refractivity contribution in [3.05, 3.63) is 54.2 Å². The molecule has 3 rings (SSSR count). The molecule has 1 amide bonds.